The molecule has 5 rings (SSSR count). The van der Waals surface area contributed by atoms with E-state index in [-0.39, 0.29) is 5.91 Å². The number of fused-ring (bicyclic) bond motifs is 2. The van der Waals surface area contributed by atoms with Crippen LogP contribution in [0.1, 0.15) is 21.5 Å². The number of carbonyl (C=O) groups excluding carboxylic acids is 1. The summed E-state index contributed by atoms with van der Waals surface area (Å²) in [5.74, 6) is 0.240. The number of nitrogens with one attached hydrogen (secondary N) is 1. The number of amides is 1. The van der Waals surface area contributed by atoms with Gasteiger partial charge < -0.3 is 9.73 Å². The van der Waals surface area contributed by atoms with Crippen LogP contribution in [0.2, 0.25) is 5.02 Å². The quantitative estimate of drug-likeness (QED) is 0.332. The lowest BCUT2D eigenvalue weighted by atomic mass is 10.0. The van der Waals surface area contributed by atoms with Crippen molar-refractivity contribution in [3.05, 3.63) is 94.5 Å². The molecule has 152 valence electrons. The summed E-state index contributed by atoms with van der Waals surface area (Å²) in [4.78, 5) is 17.6. The highest BCUT2D eigenvalue weighted by Gasteiger charge is 2.16. The van der Waals surface area contributed by atoms with Gasteiger partial charge in [-0.2, -0.15) is 0 Å². The van der Waals surface area contributed by atoms with Crippen LogP contribution in [-0.2, 0) is 0 Å². The first kappa shape index (κ1) is 19.3. The highest BCUT2D eigenvalue weighted by Crippen LogP contribution is 2.34. The number of hydrogen-bond acceptors (Lipinski definition) is 3. The minimum absolute atomic E-state index is 0.186. The van der Waals surface area contributed by atoms with Gasteiger partial charge in [-0.25, -0.2) is 4.98 Å². The Kier molecular flexibility index (Phi) is 4.72. The van der Waals surface area contributed by atoms with Gasteiger partial charge in [0, 0.05) is 11.3 Å². The largest absolute Gasteiger partial charge is 0.436 e. The fourth-order valence-electron chi connectivity index (χ4n) is 3.88. The standard InChI is InChI=1S/C26H19ClN2O2/c1-15-12-16(2)24-23(13-15)29-26(31-24)21-14-18(10-11-22(21)27)28-25(30)20-9-5-7-17-6-3-4-8-19(17)20/h3-14H,1-2H3,(H,28,30). The van der Waals surface area contributed by atoms with E-state index in [0.717, 1.165) is 33.0 Å². The van der Waals surface area contributed by atoms with Crippen LogP contribution >= 0.6 is 11.6 Å². The number of halogens is 1. The van der Waals surface area contributed by atoms with E-state index in [1.165, 1.54) is 0 Å². The number of benzene rings is 4. The van der Waals surface area contributed by atoms with Crippen molar-refractivity contribution in [1.82, 2.24) is 4.98 Å². The third-order valence-electron chi connectivity index (χ3n) is 5.31. The van der Waals surface area contributed by atoms with Gasteiger partial charge in [0.05, 0.1) is 10.6 Å². The summed E-state index contributed by atoms with van der Waals surface area (Å²) in [6.45, 7) is 4.02. The molecule has 1 aromatic heterocycles. The summed E-state index contributed by atoms with van der Waals surface area (Å²) in [6, 6.07) is 22.8. The molecule has 0 bridgehead atoms. The zero-order valence-electron chi connectivity index (χ0n) is 17.1. The molecule has 0 spiro atoms. The summed E-state index contributed by atoms with van der Waals surface area (Å²) < 4.78 is 6.01. The van der Waals surface area contributed by atoms with E-state index in [9.17, 15) is 4.79 Å². The van der Waals surface area contributed by atoms with Gasteiger partial charge >= 0.3 is 0 Å². The number of anilines is 1. The fraction of sp³-hybridized carbons (Fsp3) is 0.0769. The highest BCUT2D eigenvalue weighted by atomic mass is 35.5. The van der Waals surface area contributed by atoms with Gasteiger partial charge in [-0.15, -0.1) is 0 Å². The Hall–Kier alpha value is -3.63. The summed E-state index contributed by atoms with van der Waals surface area (Å²) in [5, 5.41) is 5.40. The Balaban J connectivity index is 1.52. The SMILES string of the molecule is Cc1cc(C)c2oc(-c3cc(NC(=O)c4cccc5ccccc45)ccc3Cl)nc2c1. The molecule has 0 radical (unpaired) electrons. The van der Waals surface area contributed by atoms with Crippen molar-refractivity contribution in [1.29, 1.82) is 0 Å². The smallest absolute Gasteiger partial charge is 0.256 e. The lowest BCUT2D eigenvalue weighted by Gasteiger charge is -2.09. The molecule has 31 heavy (non-hydrogen) atoms. The van der Waals surface area contributed by atoms with Gasteiger partial charge in [0.25, 0.3) is 5.91 Å². The molecule has 1 amide bonds. The van der Waals surface area contributed by atoms with E-state index < -0.39 is 0 Å². The summed E-state index contributed by atoms with van der Waals surface area (Å²) in [7, 11) is 0. The number of rotatable bonds is 3. The molecule has 0 saturated heterocycles. The lowest BCUT2D eigenvalue weighted by molar-refractivity contribution is 0.102. The molecule has 4 nitrogen and oxygen atoms in total. The van der Waals surface area contributed by atoms with E-state index >= 15 is 0 Å². The molecule has 1 N–H and O–H groups in total. The topological polar surface area (TPSA) is 55.1 Å². The summed E-state index contributed by atoms with van der Waals surface area (Å²) in [5.41, 5.74) is 5.52. The molecule has 5 heteroatoms. The normalized spacial score (nSPS) is 11.2. The Labute approximate surface area is 184 Å². The average Bonchev–Trinajstić information content (AvgIpc) is 3.19. The van der Waals surface area contributed by atoms with Gasteiger partial charge in [0.2, 0.25) is 5.89 Å². The molecule has 0 atom stereocenters. The number of nitrogens with zero attached hydrogens (tertiary/aromatic N) is 1. The second-order valence-electron chi connectivity index (χ2n) is 7.62. The van der Waals surface area contributed by atoms with E-state index in [0.29, 0.717) is 27.7 Å². The van der Waals surface area contributed by atoms with Crippen molar-refractivity contribution in [2.24, 2.45) is 0 Å². The van der Waals surface area contributed by atoms with Crippen LogP contribution in [0.3, 0.4) is 0 Å². The van der Waals surface area contributed by atoms with Crippen molar-refractivity contribution in [3.63, 3.8) is 0 Å². The molecule has 5 aromatic rings. The first-order valence-corrected chi connectivity index (χ1v) is 10.3. The molecule has 0 aliphatic heterocycles. The molecule has 0 fully saturated rings. The van der Waals surface area contributed by atoms with Crippen LogP contribution in [0, 0.1) is 13.8 Å². The number of carbonyl (C=O) groups is 1. The predicted octanol–water partition coefficient (Wildman–Crippen LogP) is 7.17. The molecule has 0 unspecified atom stereocenters. The zero-order valence-corrected chi connectivity index (χ0v) is 17.8. The van der Waals surface area contributed by atoms with Crippen LogP contribution < -0.4 is 5.32 Å². The van der Waals surface area contributed by atoms with Crippen LogP contribution in [-0.4, -0.2) is 10.9 Å². The van der Waals surface area contributed by atoms with E-state index in [2.05, 4.69) is 16.4 Å². The number of aryl methyl sites for hydroxylation is 2. The molecular weight excluding hydrogens is 408 g/mol. The van der Waals surface area contributed by atoms with Gasteiger partial charge in [-0.3, -0.25) is 4.79 Å². The lowest BCUT2D eigenvalue weighted by Crippen LogP contribution is -2.12. The van der Waals surface area contributed by atoms with Crippen LogP contribution in [0.15, 0.2) is 77.2 Å². The first-order valence-electron chi connectivity index (χ1n) is 9.96. The van der Waals surface area contributed by atoms with Crippen LogP contribution in [0.4, 0.5) is 5.69 Å². The Morgan fingerprint density at radius 3 is 2.65 bits per heavy atom. The molecule has 4 aromatic carbocycles. The third-order valence-corrected chi connectivity index (χ3v) is 5.64. The summed E-state index contributed by atoms with van der Waals surface area (Å²) >= 11 is 6.45. The number of aromatic nitrogens is 1. The van der Waals surface area contributed by atoms with Crippen molar-refractivity contribution in [2.45, 2.75) is 13.8 Å². The average molecular weight is 427 g/mol. The van der Waals surface area contributed by atoms with E-state index in [1.54, 1.807) is 18.2 Å². The first-order chi connectivity index (χ1) is 15.0. The minimum Gasteiger partial charge on any atom is -0.436 e. The van der Waals surface area contributed by atoms with Crippen LogP contribution in [0.5, 0.6) is 0 Å². The van der Waals surface area contributed by atoms with E-state index in [4.69, 9.17) is 16.0 Å². The third kappa shape index (κ3) is 3.56. The fourth-order valence-corrected chi connectivity index (χ4v) is 4.08. The van der Waals surface area contributed by atoms with Gasteiger partial charge in [0.15, 0.2) is 5.58 Å². The number of oxazole rings is 1. The second-order valence-corrected chi connectivity index (χ2v) is 8.03. The van der Waals surface area contributed by atoms with E-state index in [1.807, 2.05) is 62.4 Å². The zero-order chi connectivity index (χ0) is 21.5. The van der Waals surface area contributed by atoms with Gasteiger partial charge in [-0.1, -0.05) is 54.1 Å². The Morgan fingerprint density at radius 1 is 0.968 bits per heavy atom. The maximum absolute atomic E-state index is 13.0. The monoisotopic (exact) mass is 426 g/mol. The maximum atomic E-state index is 13.0. The van der Waals surface area contributed by atoms with Crippen molar-refractivity contribution < 1.29 is 9.21 Å². The van der Waals surface area contributed by atoms with Gasteiger partial charge in [-0.05, 0) is 66.1 Å². The molecular formula is C26H19ClN2O2. The van der Waals surface area contributed by atoms with Crippen molar-refractivity contribution >= 4 is 45.1 Å². The molecule has 1 heterocycles. The second kappa shape index (κ2) is 7.56. The van der Waals surface area contributed by atoms with Gasteiger partial charge in [0.1, 0.15) is 5.52 Å². The van der Waals surface area contributed by atoms with Crippen molar-refractivity contribution in [3.8, 4) is 11.5 Å². The molecule has 0 aliphatic rings. The van der Waals surface area contributed by atoms with Crippen LogP contribution in [0.25, 0.3) is 33.3 Å². The molecule has 0 saturated carbocycles. The summed E-state index contributed by atoms with van der Waals surface area (Å²) in [6.07, 6.45) is 0. The number of hydrogen-bond donors (Lipinski definition) is 1. The Bertz CT molecular complexity index is 1460. The minimum atomic E-state index is -0.186. The predicted molar refractivity (Wildman–Crippen MR) is 126 cm³/mol. The highest BCUT2D eigenvalue weighted by molar-refractivity contribution is 6.33. The van der Waals surface area contributed by atoms with Crippen molar-refractivity contribution in [2.75, 3.05) is 5.32 Å². The maximum Gasteiger partial charge on any atom is 0.256 e. The Morgan fingerprint density at radius 2 is 1.77 bits per heavy atom. The molecule has 0 aliphatic carbocycles.